The van der Waals surface area contributed by atoms with Gasteiger partial charge in [-0.1, -0.05) is 6.07 Å². The van der Waals surface area contributed by atoms with Crippen LogP contribution in [0.15, 0.2) is 53.4 Å². The van der Waals surface area contributed by atoms with Crippen molar-refractivity contribution >= 4 is 33.2 Å². The number of hydrogen-bond donors (Lipinski definition) is 4. The van der Waals surface area contributed by atoms with Crippen molar-refractivity contribution in [2.45, 2.75) is 4.90 Å². The molecule has 0 aliphatic rings. The molecule has 120 valence electrons. The highest BCUT2D eigenvalue weighted by Crippen LogP contribution is 2.16. The Labute approximate surface area is 132 Å². The summed E-state index contributed by atoms with van der Waals surface area (Å²) in [5.41, 5.74) is 0.489. The molecule has 0 fully saturated rings. The van der Waals surface area contributed by atoms with Crippen molar-refractivity contribution in [1.29, 1.82) is 0 Å². The van der Waals surface area contributed by atoms with Gasteiger partial charge in [0.1, 0.15) is 5.75 Å². The van der Waals surface area contributed by atoms with Gasteiger partial charge >= 0.3 is 11.8 Å². The van der Waals surface area contributed by atoms with E-state index in [1.807, 2.05) is 0 Å². The van der Waals surface area contributed by atoms with Gasteiger partial charge in [-0.25, -0.2) is 13.6 Å². The zero-order valence-electron chi connectivity index (χ0n) is 11.7. The molecule has 9 heteroatoms. The summed E-state index contributed by atoms with van der Waals surface area (Å²) >= 11 is 0. The number of rotatable bonds is 3. The maximum Gasteiger partial charge on any atom is 0.314 e. The van der Waals surface area contributed by atoms with Gasteiger partial charge in [0.25, 0.3) is 0 Å². The molecule has 0 spiro atoms. The highest BCUT2D eigenvalue weighted by Gasteiger charge is 2.15. The summed E-state index contributed by atoms with van der Waals surface area (Å²) in [4.78, 5) is 23.4. The van der Waals surface area contributed by atoms with Crippen LogP contribution in [0.25, 0.3) is 0 Å². The predicted molar refractivity (Wildman–Crippen MR) is 83.2 cm³/mol. The third-order valence-corrected chi connectivity index (χ3v) is 3.68. The first kappa shape index (κ1) is 16.5. The molecule has 0 saturated carbocycles. The first-order valence-corrected chi connectivity index (χ1v) is 7.84. The number of benzene rings is 2. The minimum Gasteiger partial charge on any atom is -0.508 e. The molecule has 0 aliphatic carbocycles. The van der Waals surface area contributed by atoms with Gasteiger partial charge in [-0.3, -0.25) is 9.59 Å². The van der Waals surface area contributed by atoms with Crippen LogP contribution >= 0.6 is 0 Å². The number of hydrogen-bond acceptors (Lipinski definition) is 5. The molecule has 0 aromatic heterocycles. The maximum absolute atomic E-state index is 11.8. The van der Waals surface area contributed by atoms with Crippen LogP contribution in [0, 0.1) is 0 Å². The van der Waals surface area contributed by atoms with Gasteiger partial charge in [0.15, 0.2) is 0 Å². The standard InChI is InChI=1S/C14H13N3O5S/c15-23(21,22)12-6-4-9(5-7-12)16-13(19)14(20)17-10-2-1-3-11(18)8-10/h1-8,18H,(H,16,19)(H,17,20)(H2,15,21,22). The van der Waals surface area contributed by atoms with Crippen molar-refractivity contribution < 1.29 is 23.1 Å². The normalized spacial score (nSPS) is 10.8. The van der Waals surface area contributed by atoms with Crippen LogP contribution in [-0.4, -0.2) is 25.3 Å². The fourth-order valence-corrected chi connectivity index (χ4v) is 2.20. The Morgan fingerprint density at radius 2 is 1.48 bits per heavy atom. The summed E-state index contributed by atoms with van der Waals surface area (Å²) in [7, 11) is -3.82. The number of sulfonamides is 1. The molecule has 2 rings (SSSR count). The average molecular weight is 335 g/mol. The smallest absolute Gasteiger partial charge is 0.314 e. The molecule has 2 amide bonds. The topological polar surface area (TPSA) is 139 Å². The van der Waals surface area contributed by atoms with E-state index in [1.165, 1.54) is 48.5 Å². The lowest BCUT2D eigenvalue weighted by Gasteiger charge is -2.07. The number of carbonyl (C=O) groups is 2. The van der Waals surface area contributed by atoms with Gasteiger partial charge in [-0.15, -0.1) is 0 Å². The minimum absolute atomic E-state index is 0.0539. The molecule has 0 saturated heterocycles. The van der Waals surface area contributed by atoms with E-state index in [-0.39, 0.29) is 22.0 Å². The van der Waals surface area contributed by atoms with Crippen molar-refractivity contribution in [1.82, 2.24) is 0 Å². The van der Waals surface area contributed by atoms with Crippen LogP contribution in [0.5, 0.6) is 5.75 Å². The zero-order valence-corrected chi connectivity index (χ0v) is 12.5. The molecule has 0 unspecified atom stereocenters. The molecule has 0 atom stereocenters. The molecule has 5 N–H and O–H groups in total. The van der Waals surface area contributed by atoms with Crippen molar-refractivity contribution in [3.63, 3.8) is 0 Å². The maximum atomic E-state index is 11.8. The monoisotopic (exact) mass is 335 g/mol. The largest absolute Gasteiger partial charge is 0.508 e. The lowest BCUT2D eigenvalue weighted by molar-refractivity contribution is -0.132. The van der Waals surface area contributed by atoms with Crippen LogP contribution in [0.4, 0.5) is 11.4 Å². The van der Waals surface area contributed by atoms with Crippen LogP contribution in [0.1, 0.15) is 0 Å². The van der Waals surface area contributed by atoms with Crippen LogP contribution in [0.3, 0.4) is 0 Å². The molecule has 0 bridgehead atoms. The third kappa shape index (κ3) is 4.53. The number of primary sulfonamides is 1. The van der Waals surface area contributed by atoms with Gasteiger partial charge in [0.05, 0.1) is 4.90 Å². The summed E-state index contributed by atoms with van der Waals surface area (Å²) in [6.45, 7) is 0. The number of phenolic OH excluding ortho intramolecular Hbond substituents is 1. The molecule has 0 radical (unpaired) electrons. The average Bonchev–Trinajstić information content (AvgIpc) is 2.46. The van der Waals surface area contributed by atoms with Gasteiger partial charge in [0, 0.05) is 17.4 Å². The Morgan fingerprint density at radius 1 is 0.913 bits per heavy atom. The second kappa shape index (κ2) is 6.46. The Kier molecular flexibility index (Phi) is 4.63. The van der Waals surface area contributed by atoms with Crippen molar-refractivity contribution in [2.24, 2.45) is 5.14 Å². The summed E-state index contributed by atoms with van der Waals surface area (Å²) < 4.78 is 22.2. The quantitative estimate of drug-likeness (QED) is 0.609. The summed E-state index contributed by atoms with van der Waals surface area (Å²) in [6.07, 6.45) is 0. The number of nitrogens with one attached hydrogen (secondary N) is 2. The fourth-order valence-electron chi connectivity index (χ4n) is 1.69. The summed E-state index contributed by atoms with van der Waals surface area (Å²) in [5.74, 6) is -1.94. The highest BCUT2D eigenvalue weighted by atomic mass is 32.2. The number of phenols is 1. The second-order valence-corrected chi connectivity index (χ2v) is 6.09. The number of amides is 2. The number of nitrogens with two attached hydrogens (primary N) is 1. The van der Waals surface area contributed by atoms with Gasteiger partial charge in [-0.05, 0) is 36.4 Å². The Morgan fingerprint density at radius 3 is 2.00 bits per heavy atom. The van der Waals surface area contributed by atoms with E-state index in [1.54, 1.807) is 0 Å². The van der Waals surface area contributed by atoms with Gasteiger partial charge in [-0.2, -0.15) is 0 Å². The van der Waals surface area contributed by atoms with E-state index in [9.17, 15) is 23.1 Å². The first-order chi connectivity index (χ1) is 10.8. The highest BCUT2D eigenvalue weighted by molar-refractivity contribution is 7.89. The molecule has 8 nitrogen and oxygen atoms in total. The molecule has 0 aliphatic heterocycles. The van der Waals surface area contributed by atoms with Crippen molar-refractivity contribution in [2.75, 3.05) is 10.6 Å². The minimum atomic E-state index is -3.82. The third-order valence-electron chi connectivity index (χ3n) is 2.75. The van der Waals surface area contributed by atoms with E-state index in [4.69, 9.17) is 5.14 Å². The number of anilines is 2. The molecular weight excluding hydrogens is 322 g/mol. The summed E-state index contributed by atoms with van der Waals surface area (Å²) in [5, 5.41) is 18.9. The Bertz CT molecular complexity index is 847. The van der Waals surface area contributed by atoms with Crippen molar-refractivity contribution in [3.05, 3.63) is 48.5 Å². The van der Waals surface area contributed by atoms with Crippen LogP contribution in [0.2, 0.25) is 0 Å². The van der Waals surface area contributed by atoms with E-state index < -0.39 is 21.8 Å². The first-order valence-electron chi connectivity index (χ1n) is 6.30. The molecule has 0 heterocycles. The van der Waals surface area contributed by atoms with Gasteiger partial charge < -0.3 is 15.7 Å². The second-order valence-electron chi connectivity index (χ2n) is 4.53. The van der Waals surface area contributed by atoms with Gasteiger partial charge in [0.2, 0.25) is 10.0 Å². The lowest BCUT2D eigenvalue weighted by atomic mass is 10.3. The van der Waals surface area contributed by atoms with E-state index >= 15 is 0 Å². The molecule has 23 heavy (non-hydrogen) atoms. The lowest BCUT2D eigenvalue weighted by Crippen LogP contribution is -2.29. The molecule has 2 aromatic carbocycles. The Hall–Kier alpha value is -2.91. The Balaban J connectivity index is 2.02. The van der Waals surface area contributed by atoms with Crippen LogP contribution < -0.4 is 15.8 Å². The van der Waals surface area contributed by atoms with Crippen molar-refractivity contribution in [3.8, 4) is 5.75 Å². The zero-order chi connectivity index (χ0) is 17.0. The molecular formula is C14H13N3O5S. The van der Waals surface area contributed by atoms with Crippen LogP contribution in [-0.2, 0) is 19.6 Å². The SMILES string of the molecule is NS(=O)(=O)c1ccc(NC(=O)C(=O)Nc2cccc(O)c2)cc1. The predicted octanol–water partition coefficient (Wildman–Crippen LogP) is 0.617. The van der Waals surface area contributed by atoms with E-state index in [0.29, 0.717) is 0 Å². The van der Waals surface area contributed by atoms with E-state index in [0.717, 1.165) is 0 Å². The van der Waals surface area contributed by atoms with E-state index in [2.05, 4.69) is 10.6 Å². The molecule has 2 aromatic rings. The number of carbonyl (C=O) groups excluding carboxylic acids is 2. The number of aromatic hydroxyl groups is 1. The summed E-state index contributed by atoms with van der Waals surface area (Å²) in [6, 6.07) is 10.7. The fraction of sp³-hybridized carbons (Fsp3) is 0.